The molecule has 0 aromatic carbocycles. The van der Waals surface area contributed by atoms with Crippen molar-refractivity contribution < 1.29 is 4.79 Å². The summed E-state index contributed by atoms with van der Waals surface area (Å²) in [5.41, 5.74) is 1.96. The Bertz CT molecular complexity index is 457. The Kier molecular flexibility index (Phi) is 4.21. The van der Waals surface area contributed by atoms with Crippen molar-refractivity contribution in [3.05, 3.63) is 23.5 Å². The highest BCUT2D eigenvalue weighted by Gasteiger charge is 2.38. The minimum Gasteiger partial charge on any atom is -0.344 e. The molecular formula is C14H22ClN3O. The Hall–Kier alpha value is -1.00. The van der Waals surface area contributed by atoms with Gasteiger partial charge in [0.15, 0.2) is 0 Å². The minimum atomic E-state index is 0. The SMILES string of the molecule is Cc1ccc(C(=O)N2C3CCNCC2CC3)n1C.Cl. The molecule has 0 saturated carbocycles. The molecule has 0 radical (unpaired) electrons. The van der Waals surface area contributed by atoms with E-state index in [9.17, 15) is 4.79 Å². The van der Waals surface area contributed by atoms with Gasteiger partial charge < -0.3 is 14.8 Å². The third-order valence-corrected chi connectivity index (χ3v) is 4.48. The van der Waals surface area contributed by atoms with E-state index in [1.807, 2.05) is 30.7 Å². The molecule has 1 aromatic rings. The molecule has 2 aliphatic rings. The van der Waals surface area contributed by atoms with Crippen LogP contribution in [0.25, 0.3) is 0 Å². The van der Waals surface area contributed by atoms with E-state index in [0.717, 1.165) is 37.3 Å². The number of amides is 1. The first kappa shape index (κ1) is 14.4. The van der Waals surface area contributed by atoms with E-state index < -0.39 is 0 Å². The van der Waals surface area contributed by atoms with Crippen LogP contribution in [0.5, 0.6) is 0 Å². The van der Waals surface area contributed by atoms with Crippen molar-refractivity contribution in [2.75, 3.05) is 13.1 Å². The molecule has 2 aliphatic heterocycles. The molecule has 3 rings (SSSR count). The largest absolute Gasteiger partial charge is 0.344 e. The first-order valence-electron chi connectivity index (χ1n) is 6.84. The van der Waals surface area contributed by atoms with Crippen molar-refractivity contribution in [3.8, 4) is 0 Å². The molecule has 0 spiro atoms. The Morgan fingerprint density at radius 2 is 2.00 bits per heavy atom. The topological polar surface area (TPSA) is 37.3 Å². The van der Waals surface area contributed by atoms with Gasteiger partial charge in [0.05, 0.1) is 0 Å². The molecule has 5 heteroatoms. The number of nitrogens with one attached hydrogen (secondary N) is 1. The Labute approximate surface area is 120 Å². The maximum Gasteiger partial charge on any atom is 0.271 e. The zero-order valence-corrected chi connectivity index (χ0v) is 12.4. The van der Waals surface area contributed by atoms with Gasteiger partial charge in [-0.15, -0.1) is 12.4 Å². The monoisotopic (exact) mass is 283 g/mol. The summed E-state index contributed by atoms with van der Waals surface area (Å²) in [7, 11) is 1.97. The van der Waals surface area contributed by atoms with E-state index in [2.05, 4.69) is 10.2 Å². The van der Waals surface area contributed by atoms with Crippen molar-refractivity contribution in [2.24, 2.45) is 7.05 Å². The van der Waals surface area contributed by atoms with Crippen molar-refractivity contribution in [1.29, 1.82) is 0 Å². The summed E-state index contributed by atoms with van der Waals surface area (Å²) in [6.45, 7) is 4.03. The highest BCUT2D eigenvalue weighted by Crippen LogP contribution is 2.29. The van der Waals surface area contributed by atoms with Crippen LogP contribution in [0.2, 0.25) is 0 Å². The lowest BCUT2D eigenvalue weighted by Crippen LogP contribution is -2.43. The Morgan fingerprint density at radius 1 is 1.26 bits per heavy atom. The van der Waals surface area contributed by atoms with Gasteiger partial charge in [0.25, 0.3) is 5.91 Å². The second kappa shape index (κ2) is 5.55. The maximum atomic E-state index is 12.7. The predicted molar refractivity (Wildman–Crippen MR) is 77.9 cm³/mol. The van der Waals surface area contributed by atoms with E-state index in [4.69, 9.17) is 0 Å². The van der Waals surface area contributed by atoms with Crippen LogP contribution in [0.15, 0.2) is 12.1 Å². The molecule has 1 N–H and O–H groups in total. The summed E-state index contributed by atoms with van der Waals surface area (Å²) < 4.78 is 2.00. The zero-order valence-electron chi connectivity index (χ0n) is 11.6. The number of nitrogens with zero attached hydrogens (tertiary/aromatic N) is 2. The fraction of sp³-hybridized carbons (Fsp3) is 0.643. The molecule has 4 nitrogen and oxygen atoms in total. The average Bonchev–Trinajstić information content (AvgIpc) is 2.79. The number of hydrogen-bond donors (Lipinski definition) is 1. The van der Waals surface area contributed by atoms with E-state index in [1.165, 1.54) is 6.42 Å². The third-order valence-electron chi connectivity index (χ3n) is 4.48. The van der Waals surface area contributed by atoms with Gasteiger partial charge >= 0.3 is 0 Å². The molecule has 2 atom stereocenters. The molecule has 2 bridgehead atoms. The van der Waals surface area contributed by atoms with Gasteiger partial charge in [0, 0.05) is 31.4 Å². The van der Waals surface area contributed by atoms with Crippen molar-refractivity contribution in [1.82, 2.24) is 14.8 Å². The zero-order chi connectivity index (χ0) is 12.7. The van der Waals surface area contributed by atoms with Gasteiger partial charge in [-0.05, 0) is 44.9 Å². The van der Waals surface area contributed by atoms with Crippen LogP contribution in [-0.2, 0) is 7.05 Å². The summed E-state index contributed by atoms with van der Waals surface area (Å²) in [4.78, 5) is 14.9. The van der Waals surface area contributed by atoms with Crippen LogP contribution >= 0.6 is 12.4 Å². The van der Waals surface area contributed by atoms with Crippen molar-refractivity contribution in [3.63, 3.8) is 0 Å². The lowest BCUT2D eigenvalue weighted by molar-refractivity contribution is 0.0670. The van der Waals surface area contributed by atoms with Crippen LogP contribution in [-0.4, -0.2) is 40.5 Å². The number of hydrogen-bond acceptors (Lipinski definition) is 2. The lowest BCUT2D eigenvalue weighted by Gasteiger charge is -2.28. The Morgan fingerprint density at radius 3 is 2.68 bits per heavy atom. The van der Waals surface area contributed by atoms with E-state index in [0.29, 0.717) is 12.1 Å². The molecule has 2 fully saturated rings. The molecule has 19 heavy (non-hydrogen) atoms. The van der Waals surface area contributed by atoms with Crippen LogP contribution in [0.1, 0.15) is 35.4 Å². The molecule has 1 aromatic heterocycles. The summed E-state index contributed by atoms with van der Waals surface area (Å²) in [5.74, 6) is 0.210. The molecule has 106 valence electrons. The summed E-state index contributed by atoms with van der Waals surface area (Å²) in [5, 5.41) is 3.43. The third kappa shape index (κ3) is 2.39. The lowest BCUT2D eigenvalue weighted by atomic mass is 10.1. The number of aromatic nitrogens is 1. The van der Waals surface area contributed by atoms with Crippen LogP contribution in [0.3, 0.4) is 0 Å². The van der Waals surface area contributed by atoms with E-state index in [1.54, 1.807) is 0 Å². The second-order valence-corrected chi connectivity index (χ2v) is 5.51. The smallest absolute Gasteiger partial charge is 0.271 e. The minimum absolute atomic E-state index is 0. The van der Waals surface area contributed by atoms with E-state index >= 15 is 0 Å². The van der Waals surface area contributed by atoms with Gasteiger partial charge in [-0.25, -0.2) is 0 Å². The second-order valence-electron chi connectivity index (χ2n) is 5.51. The van der Waals surface area contributed by atoms with Crippen LogP contribution in [0, 0.1) is 6.92 Å². The van der Waals surface area contributed by atoms with E-state index in [-0.39, 0.29) is 18.3 Å². The average molecular weight is 284 g/mol. The predicted octanol–water partition coefficient (Wildman–Crippen LogP) is 1.72. The summed E-state index contributed by atoms with van der Waals surface area (Å²) >= 11 is 0. The quantitative estimate of drug-likeness (QED) is 0.852. The molecule has 2 unspecified atom stereocenters. The van der Waals surface area contributed by atoms with Gasteiger partial charge in [-0.1, -0.05) is 0 Å². The highest BCUT2D eigenvalue weighted by molar-refractivity contribution is 5.93. The number of fused-ring (bicyclic) bond motifs is 2. The summed E-state index contributed by atoms with van der Waals surface area (Å²) in [6.07, 6.45) is 3.40. The van der Waals surface area contributed by atoms with Gasteiger partial charge in [0.2, 0.25) is 0 Å². The van der Waals surface area contributed by atoms with Crippen LogP contribution in [0.4, 0.5) is 0 Å². The summed E-state index contributed by atoms with van der Waals surface area (Å²) in [6, 6.07) is 4.80. The molecular weight excluding hydrogens is 262 g/mol. The number of carbonyl (C=O) groups is 1. The molecule has 1 amide bonds. The standard InChI is InChI=1S/C14H21N3O.ClH/c1-10-3-6-13(16(10)2)14(18)17-11-4-5-12(17)9-15-8-7-11;/h3,6,11-12,15H,4-5,7-9H2,1-2H3;1H. The first-order chi connectivity index (χ1) is 8.68. The first-order valence-corrected chi connectivity index (χ1v) is 6.84. The van der Waals surface area contributed by atoms with Gasteiger partial charge in [-0.3, -0.25) is 4.79 Å². The fourth-order valence-electron chi connectivity index (χ4n) is 3.27. The molecule has 2 saturated heterocycles. The fourth-order valence-corrected chi connectivity index (χ4v) is 3.27. The van der Waals surface area contributed by atoms with Crippen molar-refractivity contribution >= 4 is 18.3 Å². The molecule has 0 aliphatic carbocycles. The van der Waals surface area contributed by atoms with Gasteiger partial charge in [0.1, 0.15) is 5.69 Å². The number of halogens is 1. The number of rotatable bonds is 1. The van der Waals surface area contributed by atoms with Gasteiger partial charge in [-0.2, -0.15) is 0 Å². The van der Waals surface area contributed by atoms with Crippen molar-refractivity contribution in [2.45, 2.75) is 38.3 Å². The molecule has 3 heterocycles. The number of aryl methyl sites for hydroxylation is 1. The number of carbonyl (C=O) groups excluding carboxylic acids is 1. The maximum absolute atomic E-state index is 12.7. The Balaban J connectivity index is 0.00000133. The highest BCUT2D eigenvalue weighted by atomic mass is 35.5. The normalized spacial score (nSPS) is 25.9. The van der Waals surface area contributed by atoms with Crippen LogP contribution < -0.4 is 5.32 Å².